The van der Waals surface area contributed by atoms with Crippen molar-refractivity contribution in [3.63, 3.8) is 0 Å². The molecule has 2 N–H and O–H groups in total. The van der Waals surface area contributed by atoms with Gasteiger partial charge in [-0.3, -0.25) is 0 Å². The number of benzene rings is 2. The number of hydrogen-bond donors (Lipinski definition) is 1. The highest BCUT2D eigenvalue weighted by Crippen LogP contribution is 2.23. The van der Waals surface area contributed by atoms with E-state index in [2.05, 4.69) is 0 Å². The van der Waals surface area contributed by atoms with Crippen LogP contribution in [0.5, 0.6) is 5.75 Å². The van der Waals surface area contributed by atoms with Crippen molar-refractivity contribution in [1.29, 1.82) is 0 Å². The van der Waals surface area contributed by atoms with E-state index < -0.39 is 5.54 Å². The van der Waals surface area contributed by atoms with Gasteiger partial charge in [0.25, 0.3) is 0 Å². The molecule has 21 heavy (non-hydrogen) atoms. The molecule has 2 nitrogen and oxygen atoms in total. The van der Waals surface area contributed by atoms with E-state index in [9.17, 15) is 4.39 Å². The van der Waals surface area contributed by atoms with Gasteiger partial charge in [-0.15, -0.1) is 0 Å². The van der Waals surface area contributed by atoms with Crippen molar-refractivity contribution >= 4 is 11.6 Å². The molecular formula is C17H19ClFNO. The van der Waals surface area contributed by atoms with Crippen LogP contribution in [0, 0.1) is 5.82 Å². The smallest absolute Gasteiger partial charge is 0.145 e. The van der Waals surface area contributed by atoms with Crippen molar-refractivity contribution in [3.8, 4) is 5.75 Å². The maximum absolute atomic E-state index is 14.0. The van der Waals surface area contributed by atoms with Crippen LogP contribution in [0.3, 0.4) is 0 Å². The van der Waals surface area contributed by atoms with E-state index in [-0.39, 0.29) is 10.8 Å². The van der Waals surface area contributed by atoms with E-state index in [1.54, 1.807) is 19.2 Å². The predicted molar refractivity (Wildman–Crippen MR) is 84.4 cm³/mol. The summed E-state index contributed by atoms with van der Waals surface area (Å²) in [5.74, 6) is 0.420. The highest BCUT2D eigenvalue weighted by Gasteiger charge is 2.22. The molecule has 2 aromatic carbocycles. The molecule has 0 saturated carbocycles. The van der Waals surface area contributed by atoms with Gasteiger partial charge in [0.1, 0.15) is 11.6 Å². The van der Waals surface area contributed by atoms with Gasteiger partial charge in [-0.2, -0.15) is 0 Å². The number of rotatable bonds is 5. The van der Waals surface area contributed by atoms with Gasteiger partial charge in [-0.05, 0) is 49.1 Å². The summed E-state index contributed by atoms with van der Waals surface area (Å²) in [5.41, 5.74) is 7.40. The largest absolute Gasteiger partial charge is 0.497 e. The fourth-order valence-electron chi connectivity index (χ4n) is 2.39. The van der Waals surface area contributed by atoms with Crippen molar-refractivity contribution in [3.05, 3.63) is 64.4 Å². The van der Waals surface area contributed by atoms with Crippen molar-refractivity contribution in [2.75, 3.05) is 7.11 Å². The lowest BCUT2D eigenvalue weighted by Gasteiger charge is -2.25. The summed E-state index contributed by atoms with van der Waals surface area (Å²) < 4.78 is 19.1. The van der Waals surface area contributed by atoms with Crippen molar-refractivity contribution < 1.29 is 9.13 Å². The zero-order valence-corrected chi connectivity index (χ0v) is 13.0. The second-order valence-electron chi connectivity index (χ2n) is 5.57. The standard InChI is InChI=1S/C17H19ClFNO/c1-17(20,10-12-6-8-14(21-2)9-7-12)11-13-4-3-5-15(18)16(13)19/h3-9H,10-11,20H2,1-2H3. The molecule has 2 aromatic rings. The van der Waals surface area contributed by atoms with Crippen LogP contribution in [-0.4, -0.2) is 12.6 Å². The highest BCUT2D eigenvalue weighted by atomic mass is 35.5. The topological polar surface area (TPSA) is 35.2 Å². The van der Waals surface area contributed by atoms with Crippen LogP contribution >= 0.6 is 11.6 Å². The van der Waals surface area contributed by atoms with Crippen LogP contribution in [-0.2, 0) is 12.8 Å². The molecule has 0 aliphatic carbocycles. The Morgan fingerprint density at radius 2 is 1.81 bits per heavy atom. The lowest BCUT2D eigenvalue weighted by atomic mass is 9.87. The number of ether oxygens (including phenoxy) is 1. The summed E-state index contributed by atoms with van der Waals surface area (Å²) in [6, 6.07) is 12.7. The van der Waals surface area contributed by atoms with E-state index in [1.165, 1.54) is 6.07 Å². The molecule has 0 aromatic heterocycles. The first-order chi connectivity index (χ1) is 9.91. The summed E-state index contributed by atoms with van der Waals surface area (Å²) >= 11 is 5.81. The second kappa shape index (κ2) is 6.46. The molecule has 0 aliphatic rings. The number of halogens is 2. The van der Waals surface area contributed by atoms with Gasteiger partial charge >= 0.3 is 0 Å². The van der Waals surface area contributed by atoms with Crippen LogP contribution in [0.15, 0.2) is 42.5 Å². The third kappa shape index (κ3) is 4.19. The van der Waals surface area contributed by atoms with Gasteiger partial charge in [0.15, 0.2) is 0 Å². The molecule has 0 saturated heterocycles. The van der Waals surface area contributed by atoms with Crippen molar-refractivity contribution in [2.24, 2.45) is 5.73 Å². The minimum atomic E-state index is -0.555. The molecule has 0 radical (unpaired) electrons. The quantitative estimate of drug-likeness (QED) is 0.906. The molecule has 0 aliphatic heterocycles. The predicted octanol–water partition coefficient (Wildman–Crippen LogP) is 3.99. The zero-order valence-electron chi connectivity index (χ0n) is 12.2. The van der Waals surface area contributed by atoms with Crippen LogP contribution in [0.2, 0.25) is 5.02 Å². The molecule has 2 rings (SSSR count). The maximum atomic E-state index is 14.0. The Balaban J connectivity index is 2.12. The van der Waals surface area contributed by atoms with Gasteiger partial charge in [0, 0.05) is 5.54 Å². The molecule has 0 bridgehead atoms. The average Bonchev–Trinajstić information content (AvgIpc) is 2.44. The highest BCUT2D eigenvalue weighted by molar-refractivity contribution is 6.30. The Morgan fingerprint density at radius 1 is 1.14 bits per heavy atom. The van der Waals surface area contributed by atoms with E-state index in [0.29, 0.717) is 18.4 Å². The molecule has 0 fully saturated rings. The van der Waals surface area contributed by atoms with Crippen LogP contribution in [0.25, 0.3) is 0 Å². The molecule has 112 valence electrons. The minimum Gasteiger partial charge on any atom is -0.497 e. The van der Waals surface area contributed by atoms with Gasteiger partial charge < -0.3 is 10.5 Å². The number of methoxy groups -OCH3 is 1. The lowest BCUT2D eigenvalue weighted by Crippen LogP contribution is -2.41. The zero-order chi connectivity index (χ0) is 15.5. The fraction of sp³-hybridized carbons (Fsp3) is 0.294. The van der Waals surface area contributed by atoms with E-state index in [0.717, 1.165) is 11.3 Å². The Labute approximate surface area is 129 Å². The average molecular weight is 308 g/mol. The Bertz CT molecular complexity index is 611. The summed E-state index contributed by atoms with van der Waals surface area (Å²) in [4.78, 5) is 0. The molecular weight excluding hydrogens is 289 g/mol. The van der Waals surface area contributed by atoms with Gasteiger partial charge in [0.2, 0.25) is 0 Å². The monoisotopic (exact) mass is 307 g/mol. The maximum Gasteiger partial charge on any atom is 0.145 e. The third-order valence-corrected chi connectivity index (χ3v) is 3.68. The van der Waals surface area contributed by atoms with E-state index >= 15 is 0 Å². The fourth-order valence-corrected chi connectivity index (χ4v) is 2.59. The normalized spacial score (nSPS) is 13.8. The first kappa shape index (κ1) is 15.8. The Hall–Kier alpha value is -1.58. The first-order valence-corrected chi connectivity index (χ1v) is 7.14. The van der Waals surface area contributed by atoms with E-state index in [1.807, 2.05) is 31.2 Å². The summed E-state index contributed by atoms with van der Waals surface area (Å²) in [7, 11) is 1.63. The molecule has 4 heteroatoms. The van der Waals surface area contributed by atoms with Crippen molar-refractivity contribution in [2.45, 2.75) is 25.3 Å². The first-order valence-electron chi connectivity index (χ1n) is 6.76. The lowest BCUT2D eigenvalue weighted by molar-refractivity contribution is 0.414. The SMILES string of the molecule is COc1ccc(CC(C)(N)Cc2cccc(Cl)c2F)cc1. The molecule has 0 amide bonds. The van der Waals surface area contributed by atoms with Crippen LogP contribution in [0.1, 0.15) is 18.1 Å². The van der Waals surface area contributed by atoms with Crippen molar-refractivity contribution in [1.82, 2.24) is 0 Å². The van der Waals surface area contributed by atoms with E-state index in [4.69, 9.17) is 22.1 Å². The number of hydrogen-bond acceptors (Lipinski definition) is 2. The van der Waals surface area contributed by atoms with Gasteiger partial charge in [0.05, 0.1) is 12.1 Å². The molecule has 0 spiro atoms. The minimum absolute atomic E-state index is 0.132. The van der Waals surface area contributed by atoms with Crippen LogP contribution in [0.4, 0.5) is 4.39 Å². The van der Waals surface area contributed by atoms with Crippen LogP contribution < -0.4 is 10.5 Å². The Kier molecular flexibility index (Phi) is 4.86. The summed E-state index contributed by atoms with van der Waals surface area (Å²) in [5, 5.41) is 0.132. The summed E-state index contributed by atoms with van der Waals surface area (Å²) in [6.45, 7) is 1.91. The van der Waals surface area contributed by atoms with Gasteiger partial charge in [-0.1, -0.05) is 35.9 Å². The van der Waals surface area contributed by atoms with Gasteiger partial charge in [-0.25, -0.2) is 4.39 Å². The molecule has 1 unspecified atom stereocenters. The third-order valence-electron chi connectivity index (χ3n) is 3.39. The molecule has 1 atom stereocenters. The summed E-state index contributed by atoms with van der Waals surface area (Å²) in [6.07, 6.45) is 1.06. The number of nitrogens with two attached hydrogens (primary N) is 1. The Morgan fingerprint density at radius 3 is 2.43 bits per heavy atom. The molecule has 0 heterocycles. The second-order valence-corrected chi connectivity index (χ2v) is 5.98.